The lowest BCUT2D eigenvalue weighted by atomic mass is 9.92. The highest BCUT2D eigenvalue weighted by Gasteiger charge is 2.44. The summed E-state index contributed by atoms with van der Waals surface area (Å²) in [6, 6.07) is 3.56. The third-order valence-corrected chi connectivity index (χ3v) is 4.41. The molecule has 0 atom stereocenters. The standard InChI is InChI=1S/C19H22F3N5O3/c1-12(2)29-17(28)18(5-7-23-8-6-18)30-16-9-15(25-11-26-16)27-14-4-3-13(10-24-14)19(20,21)22/h3-4,9-12,23H,5-8H2,1-2H3,(H,24,25,26,27). The minimum atomic E-state index is -4.46. The molecule has 162 valence electrons. The van der Waals surface area contributed by atoms with E-state index in [2.05, 4.69) is 25.6 Å². The highest BCUT2D eigenvalue weighted by molar-refractivity contribution is 5.80. The molecule has 30 heavy (non-hydrogen) atoms. The monoisotopic (exact) mass is 425 g/mol. The molecule has 1 aliphatic heterocycles. The van der Waals surface area contributed by atoms with Crippen molar-refractivity contribution >= 4 is 17.6 Å². The minimum Gasteiger partial charge on any atom is -0.460 e. The maximum atomic E-state index is 12.7. The largest absolute Gasteiger partial charge is 0.460 e. The van der Waals surface area contributed by atoms with E-state index in [0.29, 0.717) is 25.9 Å². The molecule has 0 aliphatic carbocycles. The van der Waals surface area contributed by atoms with E-state index in [0.717, 1.165) is 12.3 Å². The van der Waals surface area contributed by atoms with Crippen molar-refractivity contribution in [3.05, 3.63) is 36.3 Å². The number of nitrogens with one attached hydrogen (secondary N) is 2. The van der Waals surface area contributed by atoms with Crippen molar-refractivity contribution in [3.63, 3.8) is 0 Å². The second-order valence-electron chi connectivity index (χ2n) is 7.10. The molecule has 0 saturated carbocycles. The first-order chi connectivity index (χ1) is 14.2. The number of rotatable bonds is 6. The number of ether oxygens (including phenoxy) is 2. The number of pyridine rings is 1. The topological polar surface area (TPSA) is 98.3 Å². The Bertz CT molecular complexity index is 868. The molecule has 2 aromatic heterocycles. The highest BCUT2D eigenvalue weighted by atomic mass is 19.4. The van der Waals surface area contributed by atoms with Crippen LogP contribution in [0.1, 0.15) is 32.3 Å². The average molecular weight is 425 g/mol. The lowest BCUT2D eigenvalue weighted by molar-refractivity contribution is -0.169. The Kier molecular flexibility index (Phi) is 6.40. The van der Waals surface area contributed by atoms with Gasteiger partial charge in [-0.1, -0.05) is 0 Å². The Morgan fingerprint density at radius 3 is 2.50 bits per heavy atom. The van der Waals surface area contributed by atoms with Gasteiger partial charge in [0.25, 0.3) is 0 Å². The van der Waals surface area contributed by atoms with Crippen molar-refractivity contribution in [2.45, 2.75) is 44.6 Å². The van der Waals surface area contributed by atoms with Crippen LogP contribution in [0.2, 0.25) is 0 Å². The highest BCUT2D eigenvalue weighted by Crippen LogP contribution is 2.30. The molecule has 11 heteroatoms. The van der Waals surface area contributed by atoms with Gasteiger partial charge < -0.3 is 20.1 Å². The molecular weight excluding hydrogens is 403 g/mol. The maximum Gasteiger partial charge on any atom is 0.417 e. The van der Waals surface area contributed by atoms with E-state index in [1.54, 1.807) is 13.8 Å². The zero-order chi connectivity index (χ0) is 21.8. The zero-order valence-electron chi connectivity index (χ0n) is 16.5. The Balaban J connectivity index is 1.76. The van der Waals surface area contributed by atoms with Gasteiger partial charge in [-0.05, 0) is 39.1 Å². The van der Waals surface area contributed by atoms with Crippen LogP contribution in [-0.2, 0) is 15.7 Å². The van der Waals surface area contributed by atoms with Gasteiger partial charge in [-0.25, -0.2) is 19.7 Å². The summed E-state index contributed by atoms with van der Waals surface area (Å²) in [5.74, 6) is 0.107. The number of alkyl halides is 3. The normalized spacial score (nSPS) is 16.2. The van der Waals surface area contributed by atoms with Gasteiger partial charge in [0.05, 0.1) is 11.7 Å². The van der Waals surface area contributed by atoms with Crippen LogP contribution >= 0.6 is 0 Å². The van der Waals surface area contributed by atoms with Crippen molar-refractivity contribution in [3.8, 4) is 5.88 Å². The molecule has 0 bridgehead atoms. The van der Waals surface area contributed by atoms with Gasteiger partial charge in [-0.2, -0.15) is 13.2 Å². The van der Waals surface area contributed by atoms with Crippen LogP contribution < -0.4 is 15.4 Å². The van der Waals surface area contributed by atoms with Crippen LogP contribution in [0.5, 0.6) is 5.88 Å². The molecule has 2 aromatic rings. The summed E-state index contributed by atoms with van der Waals surface area (Å²) in [6.45, 7) is 4.69. The lowest BCUT2D eigenvalue weighted by Crippen LogP contribution is -2.53. The number of hydrogen-bond donors (Lipinski definition) is 2. The van der Waals surface area contributed by atoms with Gasteiger partial charge in [0.1, 0.15) is 18.0 Å². The van der Waals surface area contributed by atoms with E-state index in [-0.39, 0.29) is 23.6 Å². The van der Waals surface area contributed by atoms with Crippen LogP contribution in [0.15, 0.2) is 30.7 Å². The molecular formula is C19H22F3N5O3. The molecule has 3 heterocycles. The second kappa shape index (κ2) is 8.82. The number of piperidine rings is 1. The van der Waals surface area contributed by atoms with Gasteiger partial charge in [0.2, 0.25) is 11.5 Å². The smallest absolute Gasteiger partial charge is 0.417 e. The molecule has 0 spiro atoms. The summed E-state index contributed by atoms with van der Waals surface area (Å²) in [6.07, 6.45) is -1.98. The zero-order valence-corrected chi connectivity index (χ0v) is 16.5. The Hall–Kier alpha value is -2.95. The number of carbonyl (C=O) groups is 1. The fourth-order valence-electron chi connectivity index (χ4n) is 2.93. The first-order valence-electron chi connectivity index (χ1n) is 9.41. The maximum absolute atomic E-state index is 12.7. The fraction of sp³-hybridized carbons (Fsp3) is 0.474. The Labute approximate surface area is 171 Å². The SMILES string of the molecule is CC(C)OC(=O)C1(Oc2cc(Nc3ccc(C(F)(F)F)cn3)ncn2)CCNCC1. The minimum absolute atomic E-state index is 0.141. The molecule has 0 radical (unpaired) electrons. The first kappa shape index (κ1) is 21.8. The van der Waals surface area contributed by atoms with Gasteiger partial charge in [0, 0.05) is 25.1 Å². The third-order valence-electron chi connectivity index (χ3n) is 4.41. The van der Waals surface area contributed by atoms with Crippen molar-refractivity contribution in [2.24, 2.45) is 0 Å². The number of halogens is 3. The molecule has 1 fully saturated rings. The van der Waals surface area contributed by atoms with Gasteiger partial charge in [-0.15, -0.1) is 0 Å². The summed E-state index contributed by atoms with van der Waals surface area (Å²) in [4.78, 5) is 24.5. The van der Waals surface area contributed by atoms with Crippen LogP contribution in [0.4, 0.5) is 24.8 Å². The van der Waals surface area contributed by atoms with Gasteiger partial charge in [0.15, 0.2) is 0 Å². The van der Waals surface area contributed by atoms with Crippen molar-refractivity contribution in [1.29, 1.82) is 0 Å². The number of anilines is 2. The molecule has 2 N–H and O–H groups in total. The van der Waals surface area contributed by atoms with Crippen LogP contribution in [0.25, 0.3) is 0 Å². The van der Waals surface area contributed by atoms with E-state index in [9.17, 15) is 18.0 Å². The number of nitrogens with zero attached hydrogens (tertiary/aromatic N) is 3. The molecule has 0 unspecified atom stereocenters. The van der Waals surface area contributed by atoms with E-state index in [4.69, 9.17) is 9.47 Å². The van der Waals surface area contributed by atoms with Crippen LogP contribution in [-0.4, -0.2) is 45.7 Å². The quantitative estimate of drug-likeness (QED) is 0.682. The first-order valence-corrected chi connectivity index (χ1v) is 9.41. The number of carbonyl (C=O) groups excluding carboxylic acids is 1. The summed E-state index contributed by atoms with van der Waals surface area (Å²) in [5, 5.41) is 5.97. The molecule has 0 amide bonds. The number of hydrogen-bond acceptors (Lipinski definition) is 8. The molecule has 1 aliphatic rings. The van der Waals surface area contributed by atoms with Gasteiger partial charge in [-0.3, -0.25) is 0 Å². The van der Waals surface area contributed by atoms with Crippen molar-refractivity contribution in [1.82, 2.24) is 20.3 Å². The molecule has 0 aromatic carbocycles. The second-order valence-corrected chi connectivity index (χ2v) is 7.10. The van der Waals surface area contributed by atoms with E-state index in [1.807, 2.05) is 0 Å². The lowest BCUT2D eigenvalue weighted by Gasteiger charge is -2.35. The summed E-state index contributed by atoms with van der Waals surface area (Å²) < 4.78 is 49.3. The number of esters is 1. The van der Waals surface area contributed by atoms with Crippen molar-refractivity contribution in [2.75, 3.05) is 18.4 Å². The van der Waals surface area contributed by atoms with E-state index in [1.165, 1.54) is 18.5 Å². The third kappa shape index (κ3) is 5.35. The van der Waals surface area contributed by atoms with E-state index < -0.39 is 23.3 Å². The molecule has 8 nitrogen and oxygen atoms in total. The van der Waals surface area contributed by atoms with E-state index >= 15 is 0 Å². The fourth-order valence-corrected chi connectivity index (χ4v) is 2.93. The summed E-state index contributed by atoms with van der Waals surface area (Å²) in [5.41, 5.74) is -2.02. The van der Waals surface area contributed by atoms with Crippen LogP contribution in [0, 0.1) is 0 Å². The Morgan fingerprint density at radius 2 is 1.90 bits per heavy atom. The van der Waals surface area contributed by atoms with Crippen molar-refractivity contribution < 1.29 is 27.4 Å². The molecule has 1 saturated heterocycles. The Morgan fingerprint density at radius 1 is 1.17 bits per heavy atom. The van der Waals surface area contributed by atoms with Gasteiger partial charge >= 0.3 is 12.1 Å². The predicted octanol–water partition coefficient (Wildman–Crippen LogP) is 3.09. The summed E-state index contributed by atoms with van der Waals surface area (Å²) in [7, 11) is 0. The predicted molar refractivity (Wildman–Crippen MR) is 101 cm³/mol. The number of aromatic nitrogens is 3. The average Bonchev–Trinajstić information content (AvgIpc) is 2.68. The van der Waals surface area contributed by atoms with Crippen LogP contribution in [0.3, 0.4) is 0 Å². The summed E-state index contributed by atoms with van der Waals surface area (Å²) >= 11 is 0. The molecule has 3 rings (SSSR count).